The molecule has 3 atom stereocenters. The van der Waals surface area contributed by atoms with Crippen LogP contribution in [0.15, 0.2) is 157 Å². The molecule has 10 nitrogen and oxygen atoms in total. The van der Waals surface area contributed by atoms with Gasteiger partial charge in [-0.05, 0) is 65.7 Å². The molecule has 296 valence electrons. The topological polar surface area (TPSA) is 122 Å². The molecule has 1 aliphatic heterocycles. The lowest BCUT2D eigenvalue weighted by atomic mass is 9.93. The summed E-state index contributed by atoms with van der Waals surface area (Å²) in [5.41, 5.74) is 4.93. The number of rotatable bonds is 14. The minimum Gasteiger partial charge on any atom is -0.493 e. The number of carbonyl (C=O) groups excluding carboxylic acids is 3. The zero-order valence-electron chi connectivity index (χ0n) is 32.6. The Labute approximate surface area is 341 Å². The first kappa shape index (κ1) is 38.8. The highest BCUT2D eigenvalue weighted by atomic mass is 16.5. The number of carbonyl (C=O) groups is 3. The van der Waals surface area contributed by atoms with Crippen molar-refractivity contribution in [3.05, 3.63) is 175 Å². The molecule has 8 rings (SSSR count). The molecule has 0 spiro atoms. The van der Waals surface area contributed by atoms with Crippen molar-refractivity contribution >= 4 is 45.3 Å². The Morgan fingerprint density at radius 2 is 1.59 bits per heavy atom. The number of fused-ring (bicyclic) bond motifs is 3. The number of hydrogen-bond donors (Lipinski definition) is 1. The van der Waals surface area contributed by atoms with Crippen LogP contribution in [0.2, 0.25) is 0 Å². The summed E-state index contributed by atoms with van der Waals surface area (Å²) >= 11 is 0. The van der Waals surface area contributed by atoms with Crippen LogP contribution in [0, 0.1) is 0 Å². The average molecular weight is 786 g/mol. The predicted octanol–water partition coefficient (Wildman–Crippen LogP) is 9.33. The van der Waals surface area contributed by atoms with E-state index in [9.17, 15) is 9.90 Å². The lowest BCUT2D eigenvalue weighted by Gasteiger charge is -2.39. The van der Waals surface area contributed by atoms with Gasteiger partial charge in [0.25, 0.3) is 11.8 Å². The SMILES string of the molecule is C=CCC(OC(C)=O)[C@@H]1[C@@H](N(Cc2cc3ccccc3o2)C(=O)c2ccc(-c3ccccc3)cc2)c2cc(OCCCO)ccc2N1C(=O)c1ccc2ccccc2n1. The molecule has 7 aromatic rings. The third kappa shape index (κ3) is 8.08. The number of aromatic nitrogens is 1. The molecule has 0 aliphatic carbocycles. The normalized spacial score (nSPS) is 15.1. The van der Waals surface area contributed by atoms with E-state index in [2.05, 4.69) is 6.58 Å². The van der Waals surface area contributed by atoms with Crippen LogP contribution >= 0.6 is 0 Å². The van der Waals surface area contributed by atoms with Gasteiger partial charge in [-0.15, -0.1) is 6.58 Å². The predicted molar refractivity (Wildman–Crippen MR) is 227 cm³/mol. The van der Waals surface area contributed by atoms with E-state index in [1.807, 2.05) is 109 Å². The van der Waals surface area contributed by atoms with Crippen LogP contribution in [0.25, 0.3) is 33.0 Å². The lowest BCUT2D eigenvalue weighted by Crippen LogP contribution is -2.52. The number of esters is 1. The molecular formula is C49H43N3O7. The molecule has 1 aliphatic rings. The van der Waals surface area contributed by atoms with E-state index >= 15 is 9.59 Å². The second-order valence-electron chi connectivity index (χ2n) is 14.4. The van der Waals surface area contributed by atoms with Crippen molar-refractivity contribution in [1.29, 1.82) is 0 Å². The first-order valence-corrected chi connectivity index (χ1v) is 19.6. The molecule has 3 heterocycles. The van der Waals surface area contributed by atoms with Gasteiger partial charge in [-0.2, -0.15) is 0 Å². The minimum atomic E-state index is -0.961. The number of aliphatic hydroxyl groups is 1. The molecular weight excluding hydrogens is 743 g/mol. The summed E-state index contributed by atoms with van der Waals surface area (Å²) in [5, 5.41) is 11.3. The number of para-hydroxylation sites is 2. The van der Waals surface area contributed by atoms with Crippen molar-refractivity contribution in [1.82, 2.24) is 9.88 Å². The maximum Gasteiger partial charge on any atom is 0.302 e. The quantitative estimate of drug-likeness (QED) is 0.0658. The van der Waals surface area contributed by atoms with Gasteiger partial charge in [-0.1, -0.05) is 91.0 Å². The van der Waals surface area contributed by atoms with E-state index in [-0.39, 0.29) is 37.8 Å². The molecule has 0 radical (unpaired) electrons. The second kappa shape index (κ2) is 17.2. The minimum absolute atomic E-state index is 0.00128. The van der Waals surface area contributed by atoms with Crippen molar-refractivity contribution < 1.29 is 33.4 Å². The van der Waals surface area contributed by atoms with Crippen molar-refractivity contribution in [2.45, 2.75) is 44.5 Å². The second-order valence-corrected chi connectivity index (χ2v) is 14.4. The maximum atomic E-state index is 15.3. The summed E-state index contributed by atoms with van der Waals surface area (Å²) in [6.45, 7) is 5.50. The number of ether oxygens (including phenoxy) is 2. The maximum absolute atomic E-state index is 15.3. The summed E-state index contributed by atoms with van der Waals surface area (Å²) in [5.74, 6) is -0.332. The van der Waals surface area contributed by atoms with Gasteiger partial charge < -0.3 is 23.9 Å². The fraction of sp³-hybridized carbons (Fsp3) is 0.184. The molecule has 1 unspecified atom stereocenters. The molecule has 5 aromatic carbocycles. The molecule has 10 heteroatoms. The summed E-state index contributed by atoms with van der Waals surface area (Å²) < 4.78 is 18.5. The van der Waals surface area contributed by atoms with Crippen LogP contribution in [0.3, 0.4) is 0 Å². The Morgan fingerprint density at radius 3 is 2.34 bits per heavy atom. The standard InChI is InChI=1S/C49H43N3O7/c1-3-12-45(58-32(2)54)47-46(40-30-38(57-28-11-27-53)24-26-43(40)52(47)49(56)42-25-23-35-15-7-9-17-41(35)50-42)51(31-39-29-37-16-8-10-18-44(37)59-39)48(55)36-21-19-34(20-22-36)33-13-5-4-6-14-33/h3-10,13-26,29-30,45-47,53H,1,11-12,27-28,31H2,2H3/t45?,46-,47+/m0/s1. The molecule has 0 bridgehead atoms. The highest BCUT2D eigenvalue weighted by molar-refractivity contribution is 6.08. The van der Waals surface area contributed by atoms with Crippen molar-refractivity contribution in [3.63, 3.8) is 0 Å². The number of pyridine rings is 1. The number of furan rings is 1. The van der Waals surface area contributed by atoms with E-state index < -0.39 is 30.1 Å². The van der Waals surface area contributed by atoms with E-state index in [0.717, 1.165) is 21.9 Å². The zero-order valence-corrected chi connectivity index (χ0v) is 32.6. The number of nitrogens with zero attached hydrogens (tertiary/aromatic N) is 3. The largest absolute Gasteiger partial charge is 0.493 e. The molecule has 0 saturated heterocycles. The molecule has 0 saturated carbocycles. The van der Waals surface area contributed by atoms with Crippen LogP contribution in [0.1, 0.15) is 58.0 Å². The third-order valence-electron chi connectivity index (χ3n) is 10.5. The van der Waals surface area contributed by atoms with Gasteiger partial charge in [-0.3, -0.25) is 19.3 Å². The number of benzene rings is 5. The first-order chi connectivity index (χ1) is 28.8. The van der Waals surface area contributed by atoms with Crippen LogP contribution in [0.4, 0.5) is 5.69 Å². The number of amides is 2. The first-order valence-electron chi connectivity index (χ1n) is 19.6. The van der Waals surface area contributed by atoms with E-state index in [1.165, 1.54) is 6.92 Å². The van der Waals surface area contributed by atoms with Gasteiger partial charge in [0.15, 0.2) is 0 Å². The number of anilines is 1. The smallest absolute Gasteiger partial charge is 0.302 e. The summed E-state index contributed by atoms with van der Waals surface area (Å²) in [4.78, 5) is 51.4. The number of hydrogen-bond acceptors (Lipinski definition) is 8. The van der Waals surface area contributed by atoms with Gasteiger partial charge in [0.1, 0.15) is 28.9 Å². The highest BCUT2D eigenvalue weighted by Gasteiger charge is 2.51. The van der Waals surface area contributed by atoms with E-state index in [4.69, 9.17) is 18.9 Å². The van der Waals surface area contributed by atoms with Gasteiger partial charge in [0.05, 0.1) is 36.4 Å². The number of aliphatic hydroxyl groups excluding tert-OH is 1. The molecule has 1 N–H and O–H groups in total. The summed E-state index contributed by atoms with van der Waals surface area (Å²) in [6, 6.07) is 41.4. The van der Waals surface area contributed by atoms with Crippen LogP contribution in [-0.2, 0) is 16.1 Å². The van der Waals surface area contributed by atoms with Gasteiger partial charge in [0.2, 0.25) is 0 Å². The third-order valence-corrected chi connectivity index (χ3v) is 10.5. The molecule has 0 fully saturated rings. The summed E-state index contributed by atoms with van der Waals surface area (Å²) in [7, 11) is 0. The van der Waals surface area contributed by atoms with Gasteiger partial charge in [0, 0.05) is 48.3 Å². The fourth-order valence-electron chi connectivity index (χ4n) is 7.91. The molecule has 59 heavy (non-hydrogen) atoms. The lowest BCUT2D eigenvalue weighted by molar-refractivity contribution is -0.147. The Hall–Kier alpha value is -7.04. The van der Waals surface area contributed by atoms with E-state index in [0.29, 0.717) is 45.8 Å². The average Bonchev–Trinajstić information content (AvgIpc) is 3.83. The fourth-order valence-corrected chi connectivity index (χ4v) is 7.91. The Kier molecular flexibility index (Phi) is 11.3. The summed E-state index contributed by atoms with van der Waals surface area (Å²) in [6.07, 6.45) is 1.27. The van der Waals surface area contributed by atoms with Gasteiger partial charge in [-0.25, -0.2) is 4.98 Å². The van der Waals surface area contributed by atoms with Crippen molar-refractivity contribution in [2.75, 3.05) is 18.1 Å². The monoisotopic (exact) mass is 785 g/mol. The zero-order chi connectivity index (χ0) is 40.9. The Bertz CT molecular complexity index is 2610. The van der Waals surface area contributed by atoms with Crippen molar-refractivity contribution in [3.8, 4) is 16.9 Å². The van der Waals surface area contributed by atoms with E-state index in [1.54, 1.807) is 46.2 Å². The Balaban J connectivity index is 1.32. The molecule has 2 amide bonds. The van der Waals surface area contributed by atoms with Crippen molar-refractivity contribution in [2.24, 2.45) is 0 Å². The van der Waals surface area contributed by atoms with Crippen LogP contribution < -0.4 is 9.64 Å². The van der Waals surface area contributed by atoms with Crippen LogP contribution in [0.5, 0.6) is 5.75 Å². The molecule has 2 aromatic heterocycles. The Morgan fingerprint density at radius 1 is 0.864 bits per heavy atom. The van der Waals surface area contributed by atoms with Crippen LogP contribution in [-0.4, -0.2) is 58.1 Å². The van der Waals surface area contributed by atoms with Gasteiger partial charge >= 0.3 is 5.97 Å². The highest BCUT2D eigenvalue weighted by Crippen LogP contribution is 2.48.